The van der Waals surface area contributed by atoms with Crippen LogP contribution in [0.25, 0.3) is 22.2 Å². The summed E-state index contributed by atoms with van der Waals surface area (Å²) >= 11 is 0. The van der Waals surface area contributed by atoms with Gasteiger partial charge in [0, 0.05) is 36.1 Å². The Kier molecular flexibility index (Phi) is 4.45. The molecule has 3 heterocycles. The summed E-state index contributed by atoms with van der Waals surface area (Å²) in [6.07, 6.45) is 5.07. The fourth-order valence-electron chi connectivity index (χ4n) is 2.84. The van der Waals surface area contributed by atoms with Crippen molar-refractivity contribution in [1.29, 1.82) is 0 Å². The maximum Gasteiger partial charge on any atom is 0.349 e. The number of benzene rings is 1. The summed E-state index contributed by atoms with van der Waals surface area (Å²) in [5.74, 6) is -0.487. The van der Waals surface area contributed by atoms with Crippen molar-refractivity contribution in [2.45, 2.75) is 6.54 Å². The van der Waals surface area contributed by atoms with Gasteiger partial charge in [0.25, 0.3) is 5.91 Å². The van der Waals surface area contributed by atoms with E-state index in [9.17, 15) is 9.59 Å². The van der Waals surface area contributed by atoms with Crippen LogP contribution in [-0.4, -0.2) is 15.9 Å². The van der Waals surface area contributed by atoms with Crippen molar-refractivity contribution in [3.8, 4) is 11.3 Å². The zero-order chi connectivity index (χ0) is 18.6. The molecule has 0 radical (unpaired) electrons. The Hall–Kier alpha value is -3.80. The molecule has 1 aromatic carbocycles. The van der Waals surface area contributed by atoms with E-state index >= 15 is 0 Å². The summed E-state index contributed by atoms with van der Waals surface area (Å²) in [6.45, 7) is 0.233. The molecule has 0 saturated carbocycles. The second-order valence-corrected chi connectivity index (χ2v) is 5.92. The fourth-order valence-corrected chi connectivity index (χ4v) is 2.84. The van der Waals surface area contributed by atoms with E-state index in [1.165, 1.54) is 0 Å². The molecule has 0 saturated heterocycles. The van der Waals surface area contributed by atoms with Crippen LogP contribution >= 0.6 is 0 Å². The summed E-state index contributed by atoms with van der Waals surface area (Å²) in [5, 5.41) is 3.47. The first-order chi connectivity index (χ1) is 13.2. The minimum absolute atomic E-state index is 0.0250. The van der Waals surface area contributed by atoms with Crippen molar-refractivity contribution in [2.24, 2.45) is 0 Å². The molecule has 0 fully saturated rings. The molecule has 132 valence electrons. The van der Waals surface area contributed by atoms with Crippen LogP contribution in [0.2, 0.25) is 0 Å². The van der Waals surface area contributed by atoms with Gasteiger partial charge in [0.1, 0.15) is 11.1 Å². The van der Waals surface area contributed by atoms with Crippen molar-refractivity contribution in [1.82, 2.24) is 15.3 Å². The maximum absolute atomic E-state index is 12.5. The van der Waals surface area contributed by atoms with E-state index in [1.807, 2.05) is 24.3 Å². The predicted octanol–water partition coefficient (Wildman–Crippen LogP) is 3.18. The molecule has 0 aliphatic heterocycles. The molecule has 4 aromatic rings. The number of carbonyl (C=O) groups is 1. The SMILES string of the molecule is O=C(NCc1cccnc1-c1ccncc1)c1cc2ccccc2oc1=O. The van der Waals surface area contributed by atoms with Crippen LogP contribution < -0.4 is 10.9 Å². The third-order valence-corrected chi connectivity index (χ3v) is 4.17. The number of pyridine rings is 2. The lowest BCUT2D eigenvalue weighted by Crippen LogP contribution is -2.28. The van der Waals surface area contributed by atoms with E-state index in [0.29, 0.717) is 11.0 Å². The van der Waals surface area contributed by atoms with Crippen molar-refractivity contribution >= 4 is 16.9 Å². The maximum atomic E-state index is 12.5. The number of aromatic nitrogens is 2. The standard InChI is InChI=1S/C21H15N3O3/c25-20(17-12-15-4-1-2-6-18(15)27-21(17)26)24-13-16-5-3-9-23-19(16)14-7-10-22-11-8-14/h1-12H,13H2,(H,24,25). The van der Waals surface area contributed by atoms with Gasteiger partial charge in [0.15, 0.2) is 0 Å². The molecule has 4 rings (SSSR count). The van der Waals surface area contributed by atoms with Crippen molar-refractivity contribution in [3.63, 3.8) is 0 Å². The lowest BCUT2D eigenvalue weighted by atomic mass is 10.1. The van der Waals surface area contributed by atoms with E-state index < -0.39 is 11.5 Å². The molecular weight excluding hydrogens is 342 g/mol. The molecule has 1 N–H and O–H groups in total. The van der Waals surface area contributed by atoms with Crippen LogP contribution in [0.5, 0.6) is 0 Å². The first kappa shape index (κ1) is 16.7. The van der Waals surface area contributed by atoms with Gasteiger partial charge in [0.2, 0.25) is 0 Å². The average molecular weight is 357 g/mol. The first-order valence-corrected chi connectivity index (χ1v) is 8.38. The Labute approximate surface area is 154 Å². The van der Waals surface area contributed by atoms with Gasteiger partial charge < -0.3 is 9.73 Å². The van der Waals surface area contributed by atoms with E-state index in [4.69, 9.17) is 4.42 Å². The van der Waals surface area contributed by atoms with Crippen molar-refractivity contribution < 1.29 is 9.21 Å². The van der Waals surface area contributed by atoms with Gasteiger partial charge in [-0.3, -0.25) is 14.8 Å². The molecule has 3 aromatic heterocycles. The Morgan fingerprint density at radius 1 is 1.00 bits per heavy atom. The zero-order valence-electron chi connectivity index (χ0n) is 14.3. The second-order valence-electron chi connectivity index (χ2n) is 5.92. The van der Waals surface area contributed by atoms with E-state index in [1.54, 1.807) is 48.9 Å². The number of nitrogens with one attached hydrogen (secondary N) is 1. The Bertz CT molecular complexity index is 1170. The Balaban J connectivity index is 1.59. The number of hydrogen-bond acceptors (Lipinski definition) is 5. The minimum Gasteiger partial charge on any atom is -0.422 e. The third-order valence-electron chi connectivity index (χ3n) is 4.17. The van der Waals surface area contributed by atoms with Crippen molar-refractivity contribution in [3.05, 3.63) is 94.7 Å². The smallest absolute Gasteiger partial charge is 0.349 e. The molecule has 0 unspecified atom stereocenters. The number of para-hydroxylation sites is 1. The quantitative estimate of drug-likeness (QED) is 0.567. The summed E-state index contributed by atoms with van der Waals surface area (Å²) in [5.41, 5.74) is 2.26. The average Bonchev–Trinajstić information content (AvgIpc) is 2.72. The van der Waals surface area contributed by atoms with Crippen LogP contribution in [-0.2, 0) is 6.54 Å². The largest absolute Gasteiger partial charge is 0.422 e. The van der Waals surface area contributed by atoms with Gasteiger partial charge in [-0.2, -0.15) is 0 Å². The monoisotopic (exact) mass is 357 g/mol. The summed E-state index contributed by atoms with van der Waals surface area (Å²) in [7, 11) is 0. The number of nitrogens with zero attached hydrogens (tertiary/aromatic N) is 2. The highest BCUT2D eigenvalue weighted by Gasteiger charge is 2.14. The number of hydrogen-bond donors (Lipinski definition) is 1. The van der Waals surface area contributed by atoms with Crippen LogP contribution in [0.4, 0.5) is 0 Å². The van der Waals surface area contributed by atoms with E-state index in [-0.39, 0.29) is 12.1 Å². The third kappa shape index (κ3) is 3.46. The fraction of sp³-hybridized carbons (Fsp3) is 0.0476. The molecule has 27 heavy (non-hydrogen) atoms. The van der Waals surface area contributed by atoms with E-state index in [0.717, 1.165) is 16.8 Å². The highest BCUT2D eigenvalue weighted by atomic mass is 16.4. The van der Waals surface area contributed by atoms with Gasteiger partial charge >= 0.3 is 5.63 Å². The zero-order valence-corrected chi connectivity index (χ0v) is 14.3. The summed E-state index contributed by atoms with van der Waals surface area (Å²) in [4.78, 5) is 33.1. The molecule has 1 amide bonds. The number of carbonyl (C=O) groups excluding carboxylic acids is 1. The molecule has 0 aliphatic carbocycles. The molecule has 0 bridgehead atoms. The summed E-state index contributed by atoms with van der Waals surface area (Å²) < 4.78 is 5.22. The lowest BCUT2D eigenvalue weighted by Gasteiger charge is -2.10. The van der Waals surface area contributed by atoms with Crippen LogP contribution in [0.3, 0.4) is 0 Å². The highest BCUT2D eigenvalue weighted by Crippen LogP contribution is 2.20. The van der Waals surface area contributed by atoms with Crippen LogP contribution in [0.15, 0.2) is 82.4 Å². The van der Waals surface area contributed by atoms with Gasteiger partial charge in [-0.25, -0.2) is 4.79 Å². The number of amides is 1. The number of rotatable bonds is 4. The van der Waals surface area contributed by atoms with Gasteiger partial charge in [-0.15, -0.1) is 0 Å². The topological polar surface area (TPSA) is 85.1 Å². The lowest BCUT2D eigenvalue weighted by molar-refractivity contribution is 0.0947. The highest BCUT2D eigenvalue weighted by molar-refractivity contribution is 5.96. The van der Waals surface area contributed by atoms with Crippen LogP contribution in [0, 0.1) is 0 Å². The normalized spacial score (nSPS) is 10.7. The van der Waals surface area contributed by atoms with Gasteiger partial charge in [-0.1, -0.05) is 24.3 Å². The second kappa shape index (κ2) is 7.21. The molecule has 0 aliphatic rings. The molecule has 0 spiro atoms. The molecule has 0 atom stereocenters. The van der Waals surface area contributed by atoms with E-state index in [2.05, 4.69) is 15.3 Å². The first-order valence-electron chi connectivity index (χ1n) is 8.38. The molecule has 6 heteroatoms. The number of fused-ring (bicyclic) bond motifs is 1. The van der Waals surface area contributed by atoms with Crippen molar-refractivity contribution in [2.75, 3.05) is 0 Å². The van der Waals surface area contributed by atoms with Crippen LogP contribution in [0.1, 0.15) is 15.9 Å². The summed E-state index contributed by atoms with van der Waals surface area (Å²) in [6, 6.07) is 16.0. The predicted molar refractivity (Wildman–Crippen MR) is 101 cm³/mol. The Morgan fingerprint density at radius 3 is 2.67 bits per heavy atom. The molecule has 6 nitrogen and oxygen atoms in total. The van der Waals surface area contributed by atoms with Gasteiger partial charge in [0.05, 0.1) is 5.69 Å². The minimum atomic E-state index is -0.660. The Morgan fingerprint density at radius 2 is 1.81 bits per heavy atom. The van der Waals surface area contributed by atoms with Gasteiger partial charge in [-0.05, 0) is 35.9 Å². The molecular formula is C21H15N3O3.